The maximum Gasteiger partial charge on any atom is 0.101 e. The molecule has 0 unspecified atom stereocenters. The van der Waals surface area contributed by atoms with Crippen LogP contribution in [0.5, 0.6) is 0 Å². The highest BCUT2D eigenvalue weighted by Gasteiger charge is 2.52. The lowest BCUT2D eigenvalue weighted by molar-refractivity contribution is 0.794. The van der Waals surface area contributed by atoms with Crippen molar-refractivity contribution in [1.82, 2.24) is 9.61 Å². The molecular weight excluding hydrogens is 763 g/mol. The Morgan fingerprint density at radius 1 is 0.381 bits per heavy atom. The van der Waals surface area contributed by atoms with E-state index < -0.39 is 5.41 Å². The maximum atomic E-state index is 5.47. The summed E-state index contributed by atoms with van der Waals surface area (Å²) in [5.41, 5.74) is 20.9. The van der Waals surface area contributed by atoms with E-state index in [1.165, 1.54) is 44.5 Å². The van der Waals surface area contributed by atoms with Crippen LogP contribution in [0.15, 0.2) is 237 Å². The Labute approximate surface area is 366 Å². The van der Waals surface area contributed by atoms with Crippen molar-refractivity contribution in [3.05, 3.63) is 259 Å². The molecule has 13 rings (SSSR count). The lowest BCUT2D eigenvalue weighted by Gasteiger charge is -2.32. The Morgan fingerprint density at radius 2 is 0.905 bits per heavy atom. The molecule has 11 aromatic rings. The van der Waals surface area contributed by atoms with Gasteiger partial charge in [-0.1, -0.05) is 200 Å². The van der Waals surface area contributed by atoms with Crippen LogP contribution in [0.4, 0.5) is 17.1 Å². The number of aromatic nitrogens is 2. The van der Waals surface area contributed by atoms with Gasteiger partial charge < -0.3 is 4.90 Å². The monoisotopic (exact) mass is 801 g/mol. The van der Waals surface area contributed by atoms with Crippen LogP contribution in [0.2, 0.25) is 0 Å². The molecule has 0 fully saturated rings. The van der Waals surface area contributed by atoms with E-state index in [4.69, 9.17) is 5.10 Å². The fourth-order valence-electron chi connectivity index (χ4n) is 10.9. The van der Waals surface area contributed by atoms with Gasteiger partial charge in [0.2, 0.25) is 0 Å². The van der Waals surface area contributed by atoms with Crippen molar-refractivity contribution in [3.8, 4) is 55.9 Å². The van der Waals surface area contributed by atoms with Gasteiger partial charge >= 0.3 is 0 Å². The summed E-state index contributed by atoms with van der Waals surface area (Å²) in [6.45, 7) is 0. The molecule has 0 radical (unpaired) electrons. The third-order valence-electron chi connectivity index (χ3n) is 13.4. The smallest absolute Gasteiger partial charge is 0.101 e. The van der Waals surface area contributed by atoms with Crippen LogP contribution in [-0.2, 0) is 5.41 Å². The molecule has 2 aliphatic rings. The van der Waals surface area contributed by atoms with E-state index in [0.29, 0.717) is 0 Å². The first kappa shape index (κ1) is 35.5. The first-order chi connectivity index (χ1) is 31.3. The number of benzene rings is 9. The Balaban J connectivity index is 1.10. The van der Waals surface area contributed by atoms with Gasteiger partial charge in [0, 0.05) is 39.0 Å². The molecule has 0 aliphatic heterocycles. The predicted octanol–water partition coefficient (Wildman–Crippen LogP) is 15.3. The van der Waals surface area contributed by atoms with Gasteiger partial charge in [0.25, 0.3) is 0 Å². The molecule has 1 spiro atoms. The van der Waals surface area contributed by atoms with E-state index in [2.05, 4.69) is 246 Å². The fourth-order valence-corrected chi connectivity index (χ4v) is 10.9. The van der Waals surface area contributed by atoms with Gasteiger partial charge in [-0.3, -0.25) is 0 Å². The van der Waals surface area contributed by atoms with Crippen LogP contribution in [-0.4, -0.2) is 9.61 Å². The van der Waals surface area contributed by atoms with Crippen LogP contribution in [0.25, 0.3) is 72.2 Å². The molecule has 63 heavy (non-hydrogen) atoms. The number of anilines is 3. The lowest BCUT2D eigenvalue weighted by Crippen LogP contribution is -2.26. The van der Waals surface area contributed by atoms with Crippen LogP contribution in [0, 0.1) is 0 Å². The number of fused-ring (bicyclic) bond motifs is 13. The molecule has 0 saturated heterocycles. The SMILES string of the molecule is c1ccc(-c2nn3c(-c4ccccc4)cc4cc(N(c5ccccc5)c5cccc6c5-c5ccccc5C65c6ccccc6-c6ccccc65)ccc4c3c2-c2ccccc2)cc1. The summed E-state index contributed by atoms with van der Waals surface area (Å²) in [6.07, 6.45) is 0. The van der Waals surface area contributed by atoms with Crippen molar-refractivity contribution in [2.45, 2.75) is 5.41 Å². The third kappa shape index (κ3) is 5.11. The first-order valence-corrected chi connectivity index (χ1v) is 21.7. The minimum atomic E-state index is -0.441. The summed E-state index contributed by atoms with van der Waals surface area (Å²) in [5, 5.41) is 7.75. The number of nitrogens with zero attached hydrogens (tertiary/aromatic N) is 3. The summed E-state index contributed by atoms with van der Waals surface area (Å²) in [4.78, 5) is 2.47. The normalized spacial score (nSPS) is 12.9. The molecule has 2 aromatic heterocycles. The molecule has 3 nitrogen and oxygen atoms in total. The zero-order chi connectivity index (χ0) is 41.5. The van der Waals surface area contributed by atoms with Crippen molar-refractivity contribution in [3.63, 3.8) is 0 Å². The van der Waals surface area contributed by atoms with E-state index in [0.717, 1.165) is 67.0 Å². The number of para-hydroxylation sites is 1. The second kappa shape index (κ2) is 13.9. The van der Waals surface area contributed by atoms with Crippen molar-refractivity contribution in [1.29, 1.82) is 0 Å². The number of rotatable bonds is 6. The quantitative estimate of drug-likeness (QED) is 0.167. The molecular formula is C60H39N3. The highest BCUT2D eigenvalue weighted by molar-refractivity contribution is 6.10. The van der Waals surface area contributed by atoms with Gasteiger partial charge in [-0.05, 0) is 86.3 Å². The molecule has 9 aromatic carbocycles. The minimum absolute atomic E-state index is 0.441. The Morgan fingerprint density at radius 3 is 1.56 bits per heavy atom. The van der Waals surface area contributed by atoms with E-state index >= 15 is 0 Å². The number of hydrogen-bond donors (Lipinski definition) is 0. The Kier molecular flexibility index (Phi) is 7.82. The molecule has 0 atom stereocenters. The van der Waals surface area contributed by atoms with Crippen molar-refractivity contribution in [2.75, 3.05) is 4.90 Å². The van der Waals surface area contributed by atoms with Crippen molar-refractivity contribution >= 4 is 33.4 Å². The van der Waals surface area contributed by atoms with Crippen LogP contribution in [0.3, 0.4) is 0 Å². The van der Waals surface area contributed by atoms with Gasteiger partial charge in [0.1, 0.15) is 5.69 Å². The Hall–Kier alpha value is -8.27. The van der Waals surface area contributed by atoms with Crippen molar-refractivity contribution in [2.24, 2.45) is 0 Å². The first-order valence-electron chi connectivity index (χ1n) is 21.7. The average molecular weight is 802 g/mol. The summed E-state index contributed by atoms with van der Waals surface area (Å²) < 4.78 is 2.18. The largest absolute Gasteiger partial charge is 0.310 e. The molecule has 2 aliphatic carbocycles. The van der Waals surface area contributed by atoms with Gasteiger partial charge in [-0.15, -0.1) is 0 Å². The second-order valence-corrected chi connectivity index (χ2v) is 16.6. The molecule has 0 bridgehead atoms. The highest BCUT2D eigenvalue weighted by Crippen LogP contribution is 2.64. The highest BCUT2D eigenvalue weighted by atomic mass is 15.2. The Bertz CT molecular complexity index is 3510. The standard InChI is InChI=1S/C60H39N3/c1-5-20-40(21-6-1)55-39-43-38-45(36-37-46(43)59-56(41-22-7-2-8-23-41)58(61-63(55)59)42-24-9-3-10-25-42)62(44-26-11-4-12-27-44)54-35-19-34-53-57(54)49-30-15-18-33-52(49)60(53)50-31-16-13-28-47(50)48-29-14-17-32-51(48)60/h1-39H. The second-order valence-electron chi connectivity index (χ2n) is 16.6. The van der Waals surface area contributed by atoms with Crippen molar-refractivity contribution < 1.29 is 0 Å². The van der Waals surface area contributed by atoms with Gasteiger partial charge in [0.05, 0.1) is 22.3 Å². The van der Waals surface area contributed by atoms with Crippen LogP contribution in [0.1, 0.15) is 22.3 Å². The maximum absolute atomic E-state index is 5.47. The zero-order valence-electron chi connectivity index (χ0n) is 34.4. The third-order valence-corrected chi connectivity index (χ3v) is 13.4. The minimum Gasteiger partial charge on any atom is -0.310 e. The molecule has 0 N–H and O–H groups in total. The molecule has 294 valence electrons. The van der Waals surface area contributed by atoms with E-state index in [9.17, 15) is 0 Å². The van der Waals surface area contributed by atoms with E-state index in [1.54, 1.807) is 0 Å². The topological polar surface area (TPSA) is 20.5 Å². The van der Waals surface area contributed by atoms with Crippen LogP contribution < -0.4 is 4.90 Å². The fraction of sp³-hybridized carbons (Fsp3) is 0.0167. The molecule has 3 heteroatoms. The number of hydrogen-bond acceptors (Lipinski definition) is 2. The zero-order valence-corrected chi connectivity index (χ0v) is 34.4. The van der Waals surface area contributed by atoms with E-state index in [-0.39, 0.29) is 0 Å². The van der Waals surface area contributed by atoms with Gasteiger partial charge in [-0.25, -0.2) is 4.52 Å². The average Bonchev–Trinajstić information content (AvgIpc) is 4.01. The predicted molar refractivity (Wildman–Crippen MR) is 260 cm³/mol. The summed E-state index contributed by atoms with van der Waals surface area (Å²) in [6, 6.07) is 86.3. The molecule has 2 heterocycles. The number of pyridine rings is 1. The molecule has 0 amide bonds. The lowest BCUT2D eigenvalue weighted by atomic mass is 9.70. The van der Waals surface area contributed by atoms with Crippen LogP contribution >= 0.6 is 0 Å². The molecule has 0 saturated carbocycles. The summed E-state index contributed by atoms with van der Waals surface area (Å²) in [7, 11) is 0. The summed E-state index contributed by atoms with van der Waals surface area (Å²) in [5.74, 6) is 0. The van der Waals surface area contributed by atoms with Gasteiger partial charge in [-0.2, -0.15) is 5.10 Å². The van der Waals surface area contributed by atoms with E-state index in [1.807, 2.05) is 0 Å². The summed E-state index contributed by atoms with van der Waals surface area (Å²) >= 11 is 0. The van der Waals surface area contributed by atoms with Gasteiger partial charge in [0.15, 0.2) is 0 Å².